The van der Waals surface area contributed by atoms with Crippen LogP contribution in [0.2, 0.25) is 0 Å². The summed E-state index contributed by atoms with van der Waals surface area (Å²) in [7, 11) is 0. The van der Waals surface area contributed by atoms with Gasteiger partial charge in [0.15, 0.2) is 5.82 Å². The second kappa shape index (κ2) is 4.93. The van der Waals surface area contributed by atoms with Crippen LogP contribution in [0.5, 0.6) is 0 Å². The third kappa shape index (κ3) is 3.71. The highest BCUT2D eigenvalue weighted by molar-refractivity contribution is 5.30. The van der Waals surface area contributed by atoms with Crippen LogP contribution < -0.4 is 10.9 Å². The van der Waals surface area contributed by atoms with Crippen LogP contribution in [0.4, 0.5) is 5.82 Å². The molecule has 0 radical (unpaired) electrons. The fraction of sp³-hybridized carbons (Fsp3) is 0.600. The first-order valence-electron chi connectivity index (χ1n) is 4.93. The fourth-order valence-electron chi connectivity index (χ4n) is 1.19. The van der Waals surface area contributed by atoms with Gasteiger partial charge in [-0.1, -0.05) is 13.8 Å². The third-order valence-electron chi connectivity index (χ3n) is 2.23. The molecule has 5 nitrogen and oxygen atoms in total. The lowest BCUT2D eigenvalue weighted by Crippen LogP contribution is -2.27. The van der Waals surface area contributed by atoms with Crippen LogP contribution in [0.1, 0.15) is 20.3 Å². The Bertz CT molecular complexity index is 360. The summed E-state index contributed by atoms with van der Waals surface area (Å²) in [6.07, 6.45) is 3.71. The first-order chi connectivity index (χ1) is 7.05. The Hall–Kier alpha value is -1.36. The van der Waals surface area contributed by atoms with Gasteiger partial charge in [0.2, 0.25) is 0 Å². The van der Waals surface area contributed by atoms with E-state index in [2.05, 4.69) is 15.3 Å². The van der Waals surface area contributed by atoms with E-state index in [1.165, 1.54) is 12.4 Å². The zero-order chi connectivity index (χ0) is 11.3. The predicted octanol–water partition coefficient (Wildman–Crippen LogP) is 0.590. The average molecular weight is 211 g/mol. The molecule has 0 saturated heterocycles. The van der Waals surface area contributed by atoms with Gasteiger partial charge in [-0.2, -0.15) is 0 Å². The van der Waals surface area contributed by atoms with Crippen LogP contribution in [0.25, 0.3) is 0 Å². The molecule has 0 aliphatic carbocycles. The zero-order valence-corrected chi connectivity index (χ0v) is 9.08. The molecule has 3 N–H and O–H groups in total. The molecule has 84 valence electrons. The van der Waals surface area contributed by atoms with Gasteiger partial charge in [-0.25, -0.2) is 4.98 Å². The molecule has 0 atom stereocenters. The number of aromatic amines is 1. The standard InChI is InChI=1S/C10H17N3O2/c1-10(2,3-6-14)7-13-8-9(15)12-5-4-11-8/h4-5,14H,3,6-7H2,1-2H3,(H,11,13)(H,12,15). The number of H-pyrrole nitrogens is 1. The maximum atomic E-state index is 11.3. The molecular formula is C10H17N3O2. The molecule has 0 fully saturated rings. The monoisotopic (exact) mass is 211 g/mol. The molecule has 1 heterocycles. The minimum Gasteiger partial charge on any atom is -0.396 e. The topological polar surface area (TPSA) is 78.0 Å². The minimum atomic E-state index is -0.225. The van der Waals surface area contributed by atoms with E-state index in [1.807, 2.05) is 13.8 Å². The number of nitrogens with zero attached hydrogens (tertiary/aromatic N) is 1. The van der Waals surface area contributed by atoms with E-state index >= 15 is 0 Å². The summed E-state index contributed by atoms with van der Waals surface area (Å²) in [5.41, 5.74) is -0.282. The molecule has 5 heteroatoms. The van der Waals surface area contributed by atoms with Gasteiger partial charge in [0.25, 0.3) is 5.56 Å². The minimum absolute atomic E-state index is 0.0568. The molecule has 0 unspecified atom stereocenters. The van der Waals surface area contributed by atoms with Crippen LogP contribution in [-0.4, -0.2) is 28.2 Å². The molecule has 0 saturated carbocycles. The van der Waals surface area contributed by atoms with Crippen LogP contribution in [0.3, 0.4) is 0 Å². The summed E-state index contributed by atoms with van der Waals surface area (Å²) >= 11 is 0. The van der Waals surface area contributed by atoms with Crippen molar-refractivity contribution in [3.8, 4) is 0 Å². The van der Waals surface area contributed by atoms with Crippen molar-refractivity contribution in [1.82, 2.24) is 9.97 Å². The summed E-state index contributed by atoms with van der Waals surface area (Å²) < 4.78 is 0. The van der Waals surface area contributed by atoms with Crippen LogP contribution in [0, 0.1) is 5.41 Å². The lowest BCUT2D eigenvalue weighted by molar-refractivity contribution is 0.220. The predicted molar refractivity (Wildman–Crippen MR) is 58.8 cm³/mol. The quantitative estimate of drug-likeness (QED) is 0.666. The van der Waals surface area contributed by atoms with E-state index in [9.17, 15) is 4.79 Å². The highest BCUT2D eigenvalue weighted by Crippen LogP contribution is 2.19. The van der Waals surface area contributed by atoms with Crippen LogP contribution >= 0.6 is 0 Å². The van der Waals surface area contributed by atoms with Gasteiger partial charge in [-0.3, -0.25) is 4.79 Å². The normalized spacial score (nSPS) is 11.4. The lowest BCUT2D eigenvalue weighted by Gasteiger charge is -2.23. The van der Waals surface area contributed by atoms with Crippen molar-refractivity contribution in [1.29, 1.82) is 0 Å². The van der Waals surface area contributed by atoms with Crippen molar-refractivity contribution in [2.45, 2.75) is 20.3 Å². The molecular weight excluding hydrogens is 194 g/mol. The van der Waals surface area contributed by atoms with E-state index in [4.69, 9.17) is 5.11 Å². The van der Waals surface area contributed by atoms with Gasteiger partial charge >= 0.3 is 0 Å². The summed E-state index contributed by atoms with van der Waals surface area (Å²) in [6.45, 7) is 4.79. The van der Waals surface area contributed by atoms with E-state index in [0.29, 0.717) is 18.8 Å². The summed E-state index contributed by atoms with van der Waals surface area (Å²) in [5.74, 6) is 0.323. The molecule has 1 aromatic rings. The fourth-order valence-corrected chi connectivity index (χ4v) is 1.19. The molecule has 0 spiro atoms. The summed E-state index contributed by atoms with van der Waals surface area (Å²) in [6, 6.07) is 0. The van der Waals surface area contributed by atoms with Crippen molar-refractivity contribution in [2.75, 3.05) is 18.5 Å². The lowest BCUT2D eigenvalue weighted by atomic mass is 9.90. The maximum absolute atomic E-state index is 11.3. The van der Waals surface area contributed by atoms with Crippen LogP contribution in [0.15, 0.2) is 17.2 Å². The molecule has 15 heavy (non-hydrogen) atoms. The Kier molecular flexibility index (Phi) is 3.85. The highest BCUT2D eigenvalue weighted by Gasteiger charge is 2.17. The smallest absolute Gasteiger partial charge is 0.290 e. The molecule has 0 aliphatic heterocycles. The van der Waals surface area contributed by atoms with Crippen molar-refractivity contribution >= 4 is 5.82 Å². The average Bonchev–Trinajstić information content (AvgIpc) is 2.16. The summed E-state index contributed by atoms with van der Waals surface area (Å²) in [4.78, 5) is 17.7. The Morgan fingerprint density at radius 1 is 1.60 bits per heavy atom. The van der Waals surface area contributed by atoms with Gasteiger partial charge in [0.1, 0.15) is 0 Å². The Morgan fingerprint density at radius 2 is 2.33 bits per heavy atom. The van der Waals surface area contributed by atoms with E-state index in [0.717, 1.165) is 0 Å². The van der Waals surface area contributed by atoms with E-state index in [-0.39, 0.29) is 17.6 Å². The van der Waals surface area contributed by atoms with Crippen molar-refractivity contribution in [2.24, 2.45) is 5.41 Å². The summed E-state index contributed by atoms with van der Waals surface area (Å²) in [5, 5.41) is 11.8. The Morgan fingerprint density at radius 3 is 2.93 bits per heavy atom. The number of aliphatic hydroxyl groups is 1. The number of aliphatic hydroxyl groups excluding tert-OH is 1. The molecule has 1 rings (SSSR count). The van der Waals surface area contributed by atoms with Crippen molar-refractivity contribution < 1.29 is 5.11 Å². The SMILES string of the molecule is CC(C)(CCO)CNc1ncc[nH]c1=O. The molecule has 0 amide bonds. The van der Waals surface area contributed by atoms with Gasteiger partial charge in [0.05, 0.1) is 0 Å². The Labute approximate surface area is 88.6 Å². The number of nitrogens with one attached hydrogen (secondary N) is 2. The second-order valence-corrected chi connectivity index (χ2v) is 4.26. The number of anilines is 1. The number of rotatable bonds is 5. The van der Waals surface area contributed by atoms with Crippen molar-refractivity contribution in [3.63, 3.8) is 0 Å². The van der Waals surface area contributed by atoms with Crippen LogP contribution in [-0.2, 0) is 0 Å². The Balaban J connectivity index is 2.57. The molecule has 0 aliphatic rings. The van der Waals surface area contributed by atoms with E-state index in [1.54, 1.807) is 0 Å². The van der Waals surface area contributed by atoms with E-state index < -0.39 is 0 Å². The zero-order valence-electron chi connectivity index (χ0n) is 9.08. The first-order valence-corrected chi connectivity index (χ1v) is 4.93. The highest BCUT2D eigenvalue weighted by atomic mass is 16.3. The van der Waals surface area contributed by atoms with Gasteiger partial charge in [0, 0.05) is 25.5 Å². The number of hydrogen-bond donors (Lipinski definition) is 3. The number of aromatic nitrogens is 2. The first kappa shape index (κ1) is 11.7. The largest absolute Gasteiger partial charge is 0.396 e. The van der Waals surface area contributed by atoms with Gasteiger partial charge in [-0.05, 0) is 11.8 Å². The maximum Gasteiger partial charge on any atom is 0.290 e. The van der Waals surface area contributed by atoms with Gasteiger partial charge < -0.3 is 15.4 Å². The number of hydrogen-bond acceptors (Lipinski definition) is 4. The third-order valence-corrected chi connectivity index (χ3v) is 2.23. The molecule has 1 aromatic heterocycles. The van der Waals surface area contributed by atoms with Crippen molar-refractivity contribution in [3.05, 3.63) is 22.7 Å². The second-order valence-electron chi connectivity index (χ2n) is 4.26. The molecule has 0 aromatic carbocycles. The van der Waals surface area contributed by atoms with Gasteiger partial charge in [-0.15, -0.1) is 0 Å². The molecule has 0 bridgehead atoms.